The van der Waals surface area contributed by atoms with E-state index in [1.807, 2.05) is 0 Å². The van der Waals surface area contributed by atoms with Gasteiger partial charge < -0.3 is 4.84 Å². The van der Waals surface area contributed by atoms with Gasteiger partial charge >= 0.3 is 0 Å². The third kappa shape index (κ3) is 2.65. The minimum atomic E-state index is 0.262. The summed E-state index contributed by atoms with van der Waals surface area (Å²) in [4.78, 5) is 5.21. The first-order valence-electron chi connectivity index (χ1n) is 8.83. The van der Waals surface area contributed by atoms with E-state index >= 15 is 0 Å². The Bertz CT molecular complexity index is 637. The number of oxime groups is 1. The van der Waals surface area contributed by atoms with Crippen molar-refractivity contribution in [2.75, 3.05) is 7.11 Å². The fraction of sp³-hybridized carbons (Fsp3) is 0.650. The van der Waals surface area contributed by atoms with Gasteiger partial charge in [0.05, 0.1) is 5.71 Å². The van der Waals surface area contributed by atoms with E-state index in [1.54, 1.807) is 7.11 Å². The Labute approximate surface area is 148 Å². The lowest BCUT2D eigenvalue weighted by Crippen LogP contribution is -2.45. The van der Waals surface area contributed by atoms with Crippen LogP contribution >= 0.6 is 15.9 Å². The molecule has 0 aliphatic heterocycles. The molecular formula is C20H28BrNO. The molecule has 1 aromatic carbocycles. The lowest BCUT2D eigenvalue weighted by Gasteiger charge is -2.50. The zero-order chi connectivity index (χ0) is 16.8. The highest BCUT2D eigenvalue weighted by atomic mass is 79.9. The monoisotopic (exact) mass is 377 g/mol. The number of nitrogens with zero attached hydrogens (tertiary/aromatic N) is 1. The van der Waals surface area contributed by atoms with Gasteiger partial charge in [0.25, 0.3) is 0 Å². The van der Waals surface area contributed by atoms with E-state index < -0.39 is 0 Å². The smallest absolute Gasteiger partial charge is 0.106 e. The van der Waals surface area contributed by atoms with Gasteiger partial charge in [0, 0.05) is 10.0 Å². The molecule has 2 aliphatic carbocycles. The number of fused-ring (bicyclic) bond motifs is 3. The second kappa shape index (κ2) is 6.23. The van der Waals surface area contributed by atoms with E-state index in [9.17, 15) is 0 Å². The average molecular weight is 378 g/mol. The van der Waals surface area contributed by atoms with Crippen LogP contribution in [0.2, 0.25) is 0 Å². The molecule has 2 nitrogen and oxygen atoms in total. The van der Waals surface area contributed by atoms with Gasteiger partial charge in [-0.1, -0.05) is 57.8 Å². The summed E-state index contributed by atoms with van der Waals surface area (Å²) >= 11 is 3.90. The molecule has 0 radical (unpaired) electrons. The van der Waals surface area contributed by atoms with E-state index in [2.05, 4.69) is 60.9 Å². The van der Waals surface area contributed by atoms with Crippen molar-refractivity contribution in [1.82, 2.24) is 0 Å². The van der Waals surface area contributed by atoms with Crippen molar-refractivity contribution in [2.45, 2.75) is 64.7 Å². The molecule has 0 N–H and O–H groups in total. The largest absolute Gasteiger partial charge is 0.399 e. The van der Waals surface area contributed by atoms with Gasteiger partial charge in [0.1, 0.15) is 7.11 Å². The first-order valence-corrected chi connectivity index (χ1v) is 9.62. The van der Waals surface area contributed by atoms with Crippen molar-refractivity contribution in [3.05, 3.63) is 33.3 Å². The van der Waals surface area contributed by atoms with E-state index in [0.29, 0.717) is 11.8 Å². The summed E-state index contributed by atoms with van der Waals surface area (Å²) < 4.78 is 1.22. The first kappa shape index (κ1) is 17.0. The van der Waals surface area contributed by atoms with Gasteiger partial charge in [-0.3, -0.25) is 0 Å². The highest BCUT2D eigenvalue weighted by Crippen LogP contribution is 2.53. The number of benzene rings is 1. The molecular weight excluding hydrogens is 350 g/mol. The summed E-state index contributed by atoms with van der Waals surface area (Å²) in [5.74, 6) is 1.90. The molecule has 3 unspecified atom stereocenters. The van der Waals surface area contributed by atoms with Crippen LogP contribution in [-0.4, -0.2) is 12.8 Å². The van der Waals surface area contributed by atoms with E-state index in [0.717, 1.165) is 18.1 Å². The summed E-state index contributed by atoms with van der Waals surface area (Å²) in [5, 5.41) is 4.43. The predicted octanol–water partition coefficient (Wildman–Crippen LogP) is 6.02. The number of halogens is 1. The standard InChI is InChI=1S/C20H28BrNO/c1-12(2)14-8-9-15-18(19(14)21)17(22-23-5)11-16-13(3)7-6-10-20(15,16)4/h8-9,12-13,16H,6-7,10-11H2,1-5H3/b22-17+. The van der Waals surface area contributed by atoms with Gasteiger partial charge in [-0.25, -0.2) is 0 Å². The Balaban J connectivity index is 2.24. The minimum Gasteiger partial charge on any atom is -0.399 e. The van der Waals surface area contributed by atoms with E-state index in [4.69, 9.17) is 4.84 Å². The summed E-state index contributed by atoms with van der Waals surface area (Å²) in [6, 6.07) is 4.68. The molecule has 3 rings (SSSR count). The van der Waals surface area contributed by atoms with Crippen LogP contribution in [0.1, 0.15) is 76.0 Å². The summed E-state index contributed by atoms with van der Waals surface area (Å²) in [6.45, 7) is 9.37. The van der Waals surface area contributed by atoms with Gasteiger partial charge in [-0.2, -0.15) is 0 Å². The topological polar surface area (TPSA) is 21.6 Å². The maximum absolute atomic E-state index is 5.21. The van der Waals surface area contributed by atoms with Crippen LogP contribution in [0.3, 0.4) is 0 Å². The summed E-state index contributed by atoms with van der Waals surface area (Å²) in [6.07, 6.45) is 4.97. The van der Waals surface area contributed by atoms with Crippen LogP contribution in [0.5, 0.6) is 0 Å². The average Bonchev–Trinajstić information content (AvgIpc) is 2.49. The molecule has 1 aromatic rings. The van der Waals surface area contributed by atoms with Crippen molar-refractivity contribution in [3.8, 4) is 0 Å². The quantitative estimate of drug-likeness (QED) is 0.577. The van der Waals surface area contributed by atoms with Gasteiger partial charge in [0.15, 0.2) is 0 Å². The second-order valence-corrected chi connectivity index (χ2v) is 8.66. The Hall–Kier alpha value is -0.830. The number of rotatable bonds is 2. The molecule has 0 spiro atoms. The van der Waals surface area contributed by atoms with Crippen molar-refractivity contribution in [1.29, 1.82) is 0 Å². The maximum atomic E-state index is 5.21. The molecule has 1 saturated carbocycles. The maximum Gasteiger partial charge on any atom is 0.106 e. The van der Waals surface area contributed by atoms with Crippen LogP contribution in [0.4, 0.5) is 0 Å². The highest BCUT2D eigenvalue weighted by Gasteiger charge is 2.47. The molecule has 3 heteroatoms. The van der Waals surface area contributed by atoms with Gasteiger partial charge in [-0.15, -0.1) is 0 Å². The zero-order valence-electron chi connectivity index (χ0n) is 14.9. The van der Waals surface area contributed by atoms with Gasteiger partial charge in [0.2, 0.25) is 0 Å². The predicted molar refractivity (Wildman–Crippen MR) is 100 cm³/mol. The van der Waals surface area contributed by atoms with E-state index in [-0.39, 0.29) is 5.41 Å². The third-order valence-electron chi connectivity index (χ3n) is 6.17. The van der Waals surface area contributed by atoms with Crippen molar-refractivity contribution in [2.24, 2.45) is 17.0 Å². The van der Waals surface area contributed by atoms with Crippen LogP contribution < -0.4 is 0 Å². The SMILES string of the molecule is CO/N=C1\CC2C(C)CCCC2(C)c2ccc(C(C)C)c(Br)c21. The second-order valence-electron chi connectivity index (χ2n) is 7.86. The Morgan fingerprint density at radius 2 is 2.09 bits per heavy atom. The molecule has 0 saturated heterocycles. The Kier molecular flexibility index (Phi) is 4.61. The minimum absolute atomic E-state index is 0.262. The van der Waals surface area contributed by atoms with Crippen molar-refractivity contribution >= 4 is 21.6 Å². The molecule has 1 fully saturated rings. The molecule has 0 aromatic heterocycles. The lowest BCUT2D eigenvalue weighted by atomic mass is 9.54. The zero-order valence-corrected chi connectivity index (χ0v) is 16.5. The molecule has 23 heavy (non-hydrogen) atoms. The lowest BCUT2D eigenvalue weighted by molar-refractivity contribution is 0.136. The molecule has 2 aliphatic rings. The molecule has 0 amide bonds. The fourth-order valence-electron chi connectivity index (χ4n) is 4.87. The summed E-state index contributed by atoms with van der Waals surface area (Å²) in [5.41, 5.74) is 5.50. The highest BCUT2D eigenvalue weighted by molar-refractivity contribution is 9.10. The normalized spacial score (nSPS) is 31.9. The number of hydrogen-bond acceptors (Lipinski definition) is 2. The summed E-state index contributed by atoms with van der Waals surface area (Å²) in [7, 11) is 1.66. The fourth-order valence-corrected chi connectivity index (χ4v) is 5.90. The third-order valence-corrected chi connectivity index (χ3v) is 7.03. The Morgan fingerprint density at radius 1 is 1.35 bits per heavy atom. The molecule has 126 valence electrons. The first-order chi connectivity index (χ1) is 10.9. The molecule has 0 heterocycles. The molecule has 0 bridgehead atoms. The Morgan fingerprint density at radius 3 is 2.74 bits per heavy atom. The molecule has 3 atom stereocenters. The number of hydrogen-bond donors (Lipinski definition) is 0. The van der Waals surface area contributed by atoms with E-state index in [1.165, 1.54) is 40.4 Å². The van der Waals surface area contributed by atoms with Crippen molar-refractivity contribution in [3.63, 3.8) is 0 Å². The van der Waals surface area contributed by atoms with Crippen LogP contribution in [0, 0.1) is 11.8 Å². The van der Waals surface area contributed by atoms with Crippen LogP contribution in [0.15, 0.2) is 21.8 Å². The van der Waals surface area contributed by atoms with Gasteiger partial charge in [-0.05, 0) is 63.1 Å². The van der Waals surface area contributed by atoms with Crippen molar-refractivity contribution < 1.29 is 4.84 Å². The van der Waals surface area contributed by atoms with Crippen LogP contribution in [-0.2, 0) is 10.3 Å². The van der Waals surface area contributed by atoms with Crippen LogP contribution in [0.25, 0.3) is 0 Å².